The Labute approximate surface area is 157 Å². The van der Waals surface area contributed by atoms with Gasteiger partial charge in [0.2, 0.25) is 0 Å². The smallest absolute Gasteiger partial charge is 0.259 e. The molecular formula is C16H11Cl2N3OS2. The zero-order valence-corrected chi connectivity index (χ0v) is 15.6. The van der Waals surface area contributed by atoms with E-state index in [9.17, 15) is 4.79 Å². The molecule has 0 aliphatic rings. The molecule has 4 nitrogen and oxygen atoms in total. The molecule has 1 N–H and O–H groups in total. The molecule has 0 radical (unpaired) electrons. The SMILES string of the molecule is CSc1ccc(-c2csc(NC(=O)c3cnc(Cl)c(Cl)c3)n2)cc1. The number of nitrogens with zero attached hydrogens (tertiary/aromatic N) is 2. The molecule has 0 fully saturated rings. The van der Waals surface area contributed by atoms with E-state index >= 15 is 0 Å². The largest absolute Gasteiger partial charge is 0.298 e. The van der Waals surface area contributed by atoms with Crippen molar-refractivity contribution in [3.05, 3.63) is 57.6 Å². The number of nitrogens with one attached hydrogen (secondary N) is 1. The Morgan fingerprint density at radius 1 is 1.25 bits per heavy atom. The van der Waals surface area contributed by atoms with Crippen LogP contribution < -0.4 is 5.32 Å². The number of thioether (sulfide) groups is 1. The summed E-state index contributed by atoms with van der Waals surface area (Å²) in [4.78, 5) is 21.7. The lowest BCUT2D eigenvalue weighted by Crippen LogP contribution is -2.12. The van der Waals surface area contributed by atoms with E-state index in [2.05, 4.69) is 15.3 Å². The number of anilines is 1. The van der Waals surface area contributed by atoms with E-state index in [4.69, 9.17) is 23.2 Å². The Hall–Kier alpha value is -1.60. The van der Waals surface area contributed by atoms with Crippen molar-refractivity contribution >= 4 is 57.3 Å². The van der Waals surface area contributed by atoms with Crippen LogP contribution in [0.3, 0.4) is 0 Å². The van der Waals surface area contributed by atoms with Crippen LogP contribution >= 0.6 is 46.3 Å². The number of rotatable bonds is 4. The Morgan fingerprint density at radius 3 is 2.67 bits per heavy atom. The second-order valence-electron chi connectivity index (χ2n) is 4.72. The predicted octanol–water partition coefficient (Wildman–Crippen LogP) is 5.49. The van der Waals surface area contributed by atoms with Crippen LogP contribution in [0.5, 0.6) is 0 Å². The van der Waals surface area contributed by atoms with Gasteiger partial charge < -0.3 is 0 Å². The van der Waals surface area contributed by atoms with Crippen LogP contribution in [0.1, 0.15) is 10.4 Å². The zero-order chi connectivity index (χ0) is 17.1. The molecule has 0 spiro atoms. The van der Waals surface area contributed by atoms with Gasteiger partial charge in [0.25, 0.3) is 5.91 Å². The predicted molar refractivity (Wildman–Crippen MR) is 102 cm³/mol. The van der Waals surface area contributed by atoms with Gasteiger partial charge in [0, 0.05) is 22.0 Å². The number of halogens is 2. The van der Waals surface area contributed by atoms with E-state index < -0.39 is 0 Å². The number of carbonyl (C=O) groups excluding carboxylic acids is 1. The number of aromatic nitrogens is 2. The fourth-order valence-corrected chi connectivity index (χ4v) is 3.33. The van der Waals surface area contributed by atoms with Crippen molar-refractivity contribution in [1.29, 1.82) is 0 Å². The highest BCUT2D eigenvalue weighted by Gasteiger charge is 2.12. The van der Waals surface area contributed by atoms with Crippen LogP contribution in [0, 0.1) is 0 Å². The van der Waals surface area contributed by atoms with Crippen LogP contribution in [-0.2, 0) is 0 Å². The molecule has 2 heterocycles. The fourth-order valence-electron chi connectivity index (χ4n) is 1.94. The maximum Gasteiger partial charge on any atom is 0.259 e. The zero-order valence-electron chi connectivity index (χ0n) is 12.4. The number of benzene rings is 1. The van der Waals surface area contributed by atoms with Gasteiger partial charge in [-0.15, -0.1) is 23.1 Å². The van der Waals surface area contributed by atoms with E-state index in [1.807, 2.05) is 35.9 Å². The monoisotopic (exact) mass is 395 g/mol. The van der Waals surface area contributed by atoms with E-state index in [0.717, 1.165) is 11.3 Å². The molecule has 122 valence electrons. The number of thiazole rings is 1. The van der Waals surface area contributed by atoms with Gasteiger partial charge >= 0.3 is 0 Å². The first kappa shape index (κ1) is 17.2. The summed E-state index contributed by atoms with van der Waals surface area (Å²) in [5.41, 5.74) is 2.14. The number of hydrogen-bond donors (Lipinski definition) is 1. The highest BCUT2D eigenvalue weighted by Crippen LogP contribution is 2.27. The summed E-state index contributed by atoms with van der Waals surface area (Å²) in [6, 6.07) is 9.57. The molecule has 8 heteroatoms. The van der Waals surface area contributed by atoms with Gasteiger partial charge in [-0.2, -0.15) is 0 Å². The molecule has 1 amide bonds. The van der Waals surface area contributed by atoms with Crippen LogP contribution in [0.2, 0.25) is 10.2 Å². The maximum absolute atomic E-state index is 12.2. The van der Waals surface area contributed by atoms with E-state index in [-0.39, 0.29) is 16.1 Å². The van der Waals surface area contributed by atoms with Gasteiger partial charge in [0.05, 0.1) is 16.3 Å². The minimum atomic E-state index is -0.334. The Morgan fingerprint density at radius 2 is 2.00 bits per heavy atom. The summed E-state index contributed by atoms with van der Waals surface area (Å²) in [6.45, 7) is 0. The van der Waals surface area contributed by atoms with Crippen LogP contribution in [-0.4, -0.2) is 22.1 Å². The molecule has 0 aliphatic heterocycles. The van der Waals surface area contributed by atoms with Crippen molar-refractivity contribution in [2.75, 3.05) is 11.6 Å². The average Bonchev–Trinajstić information content (AvgIpc) is 3.06. The number of carbonyl (C=O) groups is 1. The quantitative estimate of drug-likeness (QED) is 0.468. The van der Waals surface area contributed by atoms with E-state index in [0.29, 0.717) is 10.7 Å². The molecule has 0 saturated carbocycles. The Bertz CT molecular complexity index is 881. The second-order valence-corrected chi connectivity index (χ2v) is 7.22. The first-order valence-corrected chi connectivity index (χ1v) is 9.65. The standard InChI is InChI=1S/C16H11Cl2N3OS2/c1-23-11-4-2-9(3-5-11)13-8-24-16(20-13)21-15(22)10-6-12(17)14(18)19-7-10/h2-8H,1H3,(H,20,21,22). The molecule has 0 saturated heterocycles. The summed E-state index contributed by atoms with van der Waals surface area (Å²) in [7, 11) is 0. The maximum atomic E-state index is 12.2. The summed E-state index contributed by atoms with van der Waals surface area (Å²) in [6.07, 6.45) is 3.41. The number of pyridine rings is 1. The van der Waals surface area contributed by atoms with Crippen LogP contribution in [0.25, 0.3) is 11.3 Å². The van der Waals surface area contributed by atoms with Crippen molar-refractivity contribution in [2.45, 2.75) is 4.90 Å². The third kappa shape index (κ3) is 3.89. The third-order valence-corrected chi connectivity index (χ3v) is 5.36. The lowest BCUT2D eigenvalue weighted by Gasteiger charge is -2.02. The summed E-state index contributed by atoms with van der Waals surface area (Å²) >= 11 is 14.7. The minimum absolute atomic E-state index is 0.165. The molecule has 0 atom stereocenters. The topological polar surface area (TPSA) is 54.9 Å². The van der Waals surface area contributed by atoms with Crippen molar-refractivity contribution < 1.29 is 4.79 Å². The fraction of sp³-hybridized carbons (Fsp3) is 0.0625. The molecule has 2 aromatic heterocycles. The number of hydrogen-bond acceptors (Lipinski definition) is 5. The highest BCUT2D eigenvalue weighted by atomic mass is 35.5. The van der Waals surface area contributed by atoms with E-state index in [1.54, 1.807) is 11.8 Å². The average molecular weight is 396 g/mol. The van der Waals surface area contributed by atoms with Gasteiger partial charge in [0.1, 0.15) is 5.15 Å². The van der Waals surface area contributed by atoms with Crippen molar-refractivity contribution in [2.24, 2.45) is 0 Å². The molecule has 0 unspecified atom stereocenters. The second kappa shape index (κ2) is 7.53. The van der Waals surface area contributed by atoms with Gasteiger partial charge in [0.15, 0.2) is 5.13 Å². The van der Waals surface area contributed by atoms with Gasteiger partial charge in [-0.05, 0) is 24.5 Å². The lowest BCUT2D eigenvalue weighted by molar-refractivity contribution is 0.102. The van der Waals surface area contributed by atoms with Crippen molar-refractivity contribution in [3.63, 3.8) is 0 Å². The normalized spacial score (nSPS) is 10.6. The lowest BCUT2D eigenvalue weighted by atomic mass is 10.2. The van der Waals surface area contributed by atoms with Gasteiger partial charge in [-0.3, -0.25) is 10.1 Å². The van der Waals surface area contributed by atoms with Crippen LogP contribution in [0.15, 0.2) is 46.8 Å². The Balaban J connectivity index is 1.75. The minimum Gasteiger partial charge on any atom is -0.298 e. The molecule has 3 aromatic rings. The molecule has 0 bridgehead atoms. The van der Waals surface area contributed by atoms with Crippen LogP contribution in [0.4, 0.5) is 5.13 Å². The molecule has 1 aromatic carbocycles. The highest BCUT2D eigenvalue weighted by molar-refractivity contribution is 7.98. The summed E-state index contributed by atoms with van der Waals surface area (Å²) in [5.74, 6) is -0.334. The molecular weight excluding hydrogens is 385 g/mol. The molecule has 24 heavy (non-hydrogen) atoms. The third-order valence-electron chi connectivity index (χ3n) is 3.17. The van der Waals surface area contributed by atoms with Gasteiger partial charge in [-0.1, -0.05) is 35.3 Å². The molecule has 3 rings (SSSR count). The van der Waals surface area contributed by atoms with Gasteiger partial charge in [-0.25, -0.2) is 9.97 Å². The number of amides is 1. The first-order chi connectivity index (χ1) is 11.6. The summed E-state index contributed by atoms with van der Waals surface area (Å²) < 4.78 is 0. The van der Waals surface area contributed by atoms with Crippen molar-refractivity contribution in [3.8, 4) is 11.3 Å². The van der Waals surface area contributed by atoms with Crippen molar-refractivity contribution in [1.82, 2.24) is 9.97 Å². The molecule has 0 aliphatic carbocycles. The Kier molecular flexibility index (Phi) is 5.40. The summed E-state index contributed by atoms with van der Waals surface area (Å²) in [5, 5.41) is 5.55. The van der Waals surface area contributed by atoms with E-state index in [1.165, 1.54) is 28.5 Å². The first-order valence-electron chi connectivity index (χ1n) is 6.79.